The van der Waals surface area contributed by atoms with Crippen LogP contribution >= 0.6 is 0 Å². The minimum absolute atomic E-state index is 0.532. The van der Waals surface area contributed by atoms with E-state index in [1.165, 1.54) is 44.2 Å². The normalized spacial score (nSPS) is 36.7. The SMILES string of the molecule is CCNCC1(CC2COc3ccccc32)CC2CCC1C2. The molecule has 1 heterocycles. The van der Waals surface area contributed by atoms with Gasteiger partial charge < -0.3 is 10.1 Å². The minimum atomic E-state index is 0.532. The van der Waals surface area contributed by atoms with Crippen molar-refractivity contribution in [1.29, 1.82) is 0 Å². The summed E-state index contributed by atoms with van der Waals surface area (Å²) in [5.41, 5.74) is 1.99. The fourth-order valence-corrected chi connectivity index (χ4v) is 5.36. The first-order valence-electron chi connectivity index (χ1n) is 8.73. The highest BCUT2D eigenvalue weighted by Gasteiger charge is 2.51. The molecule has 2 aliphatic carbocycles. The summed E-state index contributed by atoms with van der Waals surface area (Å²) in [6, 6.07) is 8.67. The third kappa shape index (κ3) is 2.28. The predicted octanol–water partition coefficient (Wildman–Crippen LogP) is 3.97. The lowest BCUT2D eigenvalue weighted by molar-refractivity contribution is 0.125. The monoisotopic (exact) mass is 285 g/mol. The Kier molecular flexibility index (Phi) is 3.45. The number of ether oxygens (including phenoxy) is 1. The van der Waals surface area contributed by atoms with Gasteiger partial charge in [0, 0.05) is 18.0 Å². The van der Waals surface area contributed by atoms with Crippen LogP contribution in [0.2, 0.25) is 0 Å². The molecule has 0 amide bonds. The Morgan fingerprint density at radius 2 is 2.19 bits per heavy atom. The molecule has 4 atom stereocenters. The van der Waals surface area contributed by atoms with Gasteiger partial charge in [0.15, 0.2) is 0 Å². The van der Waals surface area contributed by atoms with E-state index in [2.05, 4.69) is 36.5 Å². The lowest BCUT2D eigenvalue weighted by atomic mass is 9.67. The zero-order valence-electron chi connectivity index (χ0n) is 13.1. The molecule has 0 spiro atoms. The molecule has 1 N–H and O–H groups in total. The van der Waals surface area contributed by atoms with Gasteiger partial charge in [0.2, 0.25) is 0 Å². The molecule has 1 aromatic rings. The van der Waals surface area contributed by atoms with Crippen LogP contribution in [0.1, 0.15) is 50.5 Å². The van der Waals surface area contributed by atoms with Gasteiger partial charge in [-0.15, -0.1) is 0 Å². The summed E-state index contributed by atoms with van der Waals surface area (Å²) in [7, 11) is 0. The third-order valence-corrected chi connectivity index (χ3v) is 6.28. The summed E-state index contributed by atoms with van der Waals surface area (Å²) < 4.78 is 5.93. The highest BCUT2D eigenvalue weighted by molar-refractivity contribution is 5.39. The van der Waals surface area contributed by atoms with E-state index in [0.29, 0.717) is 11.3 Å². The van der Waals surface area contributed by atoms with Gasteiger partial charge in [-0.3, -0.25) is 0 Å². The van der Waals surface area contributed by atoms with E-state index >= 15 is 0 Å². The molecule has 1 aromatic carbocycles. The number of fused-ring (bicyclic) bond motifs is 3. The van der Waals surface area contributed by atoms with Crippen LogP contribution in [0, 0.1) is 17.3 Å². The molecule has 0 radical (unpaired) electrons. The number of para-hydroxylation sites is 1. The average Bonchev–Trinajstić information content (AvgIpc) is 3.21. The average molecular weight is 285 g/mol. The summed E-state index contributed by atoms with van der Waals surface area (Å²) in [5.74, 6) is 3.70. The minimum Gasteiger partial charge on any atom is -0.493 e. The molecule has 2 heteroatoms. The Labute approximate surface area is 128 Å². The molecule has 4 rings (SSSR count). The molecule has 1 aliphatic heterocycles. The van der Waals surface area contributed by atoms with Crippen molar-refractivity contribution in [1.82, 2.24) is 5.32 Å². The lowest BCUT2D eigenvalue weighted by Gasteiger charge is -2.40. The van der Waals surface area contributed by atoms with Crippen molar-refractivity contribution in [3.63, 3.8) is 0 Å². The van der Waals surface area contributed by atoms with Crippen LogP contribution in [0.3, 0.4) is 0 Å². The van der Waals surface area contributed by atoms with Crippen LogP contribution in [0.15, 0.2) is 24.3 Å². The Balaban J connectivity index is 1.56. The van der Waals surface area contributed by atoms with Crippen molar-refractivity contribution in [3.8, 4) is 5.75 Å². The third-order valence-electron chi connectivity index (χ3n) is 6.28. The van der Waals surface area contributed by atoms with Crippen molar-refractivity contribution < 1.29 is 4.74 Å². The molecule has 114 valence electrons. The van der Waals surface area contributed by atoms with Crippen molar-refractivity contribution in [3.05, 3.63) is 29.8 Å². The molecule has 0 aromatic heterocycles. The van der Waals surface area contributed by atoms with Gasteiger partial charge in [0.1, 0.15) is 5.75 Å². The van der Waals surface area contributed by atoms with E-state index < -0.39 is 0 Å². The summed E-state index contributed by atoms with van der Waals surface area (Å²) >= 11 is 0. The number of hydrogen-bond donors (Lipinski definition) is 1. The van der Waals surface area contributed by atoms with Gasteiger partial charge in [-0.05, 0) is 55.5 Å². The van der Waals surface area contributed by atoms with E-state index in [-0.39, 0.29) is 0 Å². The summed E-state index contributed by atoms with van der Waals surface area (Å²) in [4.78, 5) is 0. The van der Waals surface area contributed by atoms with Gasteiger partial charge >= 0.3 is 0 Å². The maximum absolute atomic E-state index is 5.93. The van der Waals surface area contributed by atoms with Crippen molar-refractivity contribution in [2.75, 3.05) is 19.7 Å². The maximum atomic E-state index is 5.93. The highest BCUT2D eigenvalue weighted by Crippen LogP contribution is 2.59. The Hall–Kier alpha value is -1.02. The van der Waals surface area contributed by atoms with E-state index in [0.717, 1.165) is 30.7 Å². The first-order valence-corrected chi connectivity index (χ1v) is 8.73. The zero-order valence-corrected chi connectivity index (χ0v) is 13.1. The zero-order chi connectivity index (χ0) is 14.3. The molecule has 2 saturated carbocycles. The molecular weight excluding hydrogens is 258 g/mol. The largest absolute Gasteiger partial charge is 0.493 e. The van der Waals surface area contributed by atoms with Gasteiger partial charge in [-0.2, -0.15) is 0 Å². The topological polar surface area (TPSA) is 21.3 Å². The second-order valence-corrected chi connectivity index (χ2v) is 7.47. The van der Waals surface area contributed by atoms with Gasteiger partial charge in [-0.1, -0.05) is 31.5 Å². The second-order valence-electron chi connectivity index (χ2n) is 7.47. The summed E-state index contributed by atoms with van der Waals surface area (Å²) in [6.45, 7) is 5.43. The molecule has 2 fully saturated rings. The number of benzene rings is 1. The van der Waals surface area contributed by atoms with Crippen LogP contribution in [0.25, 0.3) is 0 Å². The van der Waals surface area contributed by atoms with Gasteiger partial charge in [-0.25, -0.2) is 0 Å². The lowest BCUT2D eigenvalue weighted by Crippen LogP contribution is -2.40. The second kappa shape index (κ2) is 5.31. The summed E-state index contributed by atoms with van der Waals surface area (Å²) in [5, 5.41) is 3.67. The van der Waals surface area contributed by atoms with Crippen molar-refractivity contribution in [2.45, 2.75) is 44.9 Å². The maximum Gasteiger partial charge on any atom is 0.122 e. The van der Waals surface area contributed by atoms with E-state index in [9.17, 15) is 0 Å². The molecular formula is C19H27NO. The van der Waals surface area contributed by atoms with Crippen LogP contribution in [-0.4, -0.2) is 19.7 Å². The van der Waals surface area contributed by atoms with Crippen molar-refractivity contribution in [2.24, 2.45) is 17.3 Å². The summed E-state index contributed by atoms with van der Waals surface area (Å²) in [6.07, 6.45) is 7.20. The van der Waals surface area contributed by atoms with Gasteiger partial charge in [0.05, 0.1) is 6.61 Å². The Morgan fingerprint density at radius 1 is 1.29 bits per heavy atom. The molecule has 4 unspecified atom stereocenters. The fourth-order valence-electron chi connectivity index (χ4n) is 5.36. The first kappa shape index (κ1) is 13.6. The molecule has 2 nitrogen and oxygen atoms in total. The Morgan fingerprint density at radius 3 is 2.95 bits per heavy atom. The van der Waals surface area contributed by atoms with Crippen molar-refractivity contribution >= 4 is 0 Å². The highest BCUT2D eigenvalue weighted by atomic mass is 16.5. The number of rotatable bonds is 5. The molecule has 0 saturated heterocycles. The first-order chi connectivity index (χ1) is 10.3. The van der Waals surface area contributed by atoms with Crippen LogP contribution < -0.4 is 10.1 Å². The van der Waals surface area contributed by atoms with Crippen LogP contribution in [0.5, 0.6) is 5.75 Å². The molecule has 3 aliphatic rings. The Bertz CT molecular complexity index is 514. The number of nitrogens with one attached hydrogen (secondary N) is 1. The van der Waals surface area contributed by atoms with Crippen LogP contribution in [0.4, 0.5) is 0 Å². The fraction of sp³-hybridized carbons (Fsp3) is 0.684. The predicted molar refractivity (Wildman–Crippen MR) is 85.7 cm³/mol. The van der Waals surface area contributed by atoms with Gasteiger partial charge in [0.25, 0.3) is 0 Å². The molecule has 21 heavy (non-hydrogen) atoms. The van der Waals surface area contributed by atoms with E-state index in [4.69, 9.17) is 4.74 Å². The quantitative estimate of drug-likeness (QED) is 0.884. The van der Waals surface area contributed by atoms with E-state index in [1.54, 1.807) is 0 Å². The molecule has 2 bridgehead atoms. The van der Waals surface area contributed by atoms with Crippen LogP contribution in [-0.2, 0) is 0 Å². The smallest absolute Gasteiger partial charge is 0.122 e. The number of hydrogen-bond acceptors (Lipinski definition) is 2. The van der Waals surface area contributed by atoms with E-state index in [1.807, 2.05) is 0 Å². The standard InChI is InChI=1S/C19H27NO/c1-2-20-13-19(10-14-7-8-16(19)9-14)11-15-12-21-18-6-4-3-5-17(15)18/h3-6,14-16,20H,2,7-13H2,1H3.